The average Bonchev–Trinajstić information content (AvgIpc) is 2.83. The maximum Gasteiger partial charge on any atom is 0.235 e. The van der Waals surface area contributed by atoms with Crippen LogP contribution in [0.5, 0.6) is 0 Å². The zero-order valence-electron chi connectivity index (χ0n) is 18.1. The zero-order valence-corrected chi connectivity index (χ0v) is 19.8. The molecule has 0 N–H and O–H groups in total. The van der Waals surface area contributed by atoms with Crippen molar-refractivity contribution in [3.05, 3.63) is 102 Å². The summed E-state index contributed by atoms with van der Waals surface area (Å²) in [6.45, 7) is 0.604. The molecule has 3 aromatic rings. The topological polar surface area (TPSA) is 0 Å². The maximum atomic E-state index is 8.02. The fourth-order valence-corrected chi connectivity index (χ4v) is 11.1. The Labute approximate surface area is 193 Å². The molecule has 2 aliphatic heterocycles. The summed E-state index contributed by atoms with van der Waals surface area (Å²) >= 11 is 8.02. The van der Waals surface area contributed by atoms with E-state index in [1.54, 1.807) is 0 Å². The predicted molar refractivity (Wildman–Crippen MR) is 139 cm³/mol. The molecule has 2 fully saturated rings. The number of hydrogen-bond donors (Lipinski definition) is 0. The standard InChI is InChI=1S/C28H30BClSi/c30-31(26-18-6-2-7-19-26,27-20-8-3-9-21-27)28(22-23-12-4-1-5-13-23)29-24-14-10-15-25(29)17-11-16-24/h1-9,12-13,18-22,24-25H,10-11,14-17H2/b28-22-. The Hall–Kier alpha value is -2.03. The fraction of sp³-hybridized carbons (Fsp3) is 0.286. The SMILES string of the molecule is Cl[Si](/C(=C\c1ccccc1)B1C2CCCC1CCC2)(c1ccccc1)c1ccccc1. The molecule has 3 aromatic carbocycles. The summed E-state index contributed by atoms with van der Waals surface area (Å²) in [5.41, 5.74) is 1.28. The van der Waals surface area contributed by atoms with E-state index in [1.807, 2.05) is 0 Å². The lowest BCUT2D eigenvalue weighted by Gasteiger charge is -2.45. The van der Waals surface area contributed by atoms with E-state index in [1.165, 1.54) is 59.6 Å². The number of hydrogen-bond acceptors (Lipinski definition) is 0. The van der Waals surface area contributed by atoms with Crippen molar-refractivity contribution >= 4 is 41.6 Å². The van der Waals surface area contributed by atoms with Gasteiger partial charge >= 0.3 is 0 Å². The predicted octanol–water partition coefficient (Wildman–Crippen LogP) is 6.75. The second-order valence-corrected chi connectivity index (χ2v) is 14.1. The highest BCUT2D eigenvalue weighted by Gasteiger charge is 2.50. The lowest BCUT2D eigenvalue weighted by atomic mass is 9.27. The second-order valence-electron chi connectivity index (χ2n) is 9.31. The Bertz CT molecular complexity index is 957. The van der Waals surface area contributed by atoms with Gasteiger partial charge in [0.25, 0.3) is 0 Å². The van der Waals surface area contributed by atoms with E-state index in [-0.39, 0.29) is 0 Å². The molecule has 2 aliphatic rings. The van der Waals surface area contributed by atoms with E-state index in [2.05, 4.69) is 97.1 Å². The second kappa shape index (κ2) is 9.22. The van der Waals surface area contributed by atoms with Gasteiger partial charge in [0.1, 0.15) is 0 Å². The molecule has 0 aromatic heterocycles. The van der Waals surface area contributed by atoms with Crippen LogP contribution < -0.4 is 10.4 Å². The van der Waals surface area contributed by atoms with Crippen molar-refractivity contribution < 1.29 is 0 Å². The van der Waals surface area contributed by atoms with Crippen molar-refractivity contribution in [2.45, 2.75) is 50.2 Å². The molecule has 0 amide bonds. The third-order valence-electron chi connectivity index (χ3n) is 7.54. The summed E-state index contributed by atoms with van der Waals surface area (Å²) in [7, 11) is -2.63. The van der Waals surface area contributed by atoms with Crippen LogP contribution in [0.15, 0.2) is 96.1 Å². The molecule has 0 unspecified atom stereocenters. The lowest BCUT2D eigenvalue weighted by molar-refractivity contribution is 0.447. The molecule has 0 spiro atoms. The van der Waals surface area contributed by atoms with E-state index < -0.39 is 7.38 Å². The summed E-state index contributed by atoms with van der Waals surface area (Å²) < 4.78 is 0. The van der Waals surface area contributed by atoms with Crippen LogP contribution in [0.2, 0.25) is 11.6 Å². The minimum absolute atomic E-state index is 0.604. The minimum atomic E-state index is -2.63. The molecule has 0 saturated carbocycles. The first-order chi connectivity index (χ1) is 15.3. The van der Waals surface area contributed by atoms with Gasteiger partial charge in [0.15, 0.2) is 6.71 Å². The summed E-state index contributed by atoms with van der Waals surface area (Å²) in [4.78, 5) is 0. The molecule has 2 bridgehead atoms. The van der Waals surface area contributed by atoms with E-state index >= 15 is 0 Å². The molecular weight excluding hydrogens is 411 g/mol. The first kappa shape index (κ1) is 20.9. The van der Waals surface area contributed by atoms with Crippen LogP contribution in [-0.4, -0.2) is 14.1 Å². The average molecular weight is 441 g/mol. The molecule has 0 radical (unpaired) electrons. The Kier molecular flexibility index (Phi) is 6.20. The number of halogens is 1. The van der Waals surface area contributed by atoms with E-state index in [4.69, 9.17) is 11.1 Å². The van der Waals surface area contributed by atoms with Crippen LogP contribution in [0.3, 0.4) is 0 Å². The van der Waals surface area contributed by atoms with Crippen molar-refractivity contribution in [3.63, 3.8) is 0 Å². The van der Waals surface area contributed by atoms with E-state index in [0.717, 1.165) is 11.6 Å². The Morgan fingerprint density at radius 2 is 1.10 bits per heavy atom. The van der Waals surface area contributed by atoms with Gasteiger partial charge in [-0.15, -0.1) is 11.1 Å². The van der Waals surface area contributed by atoms with Crippen molar-refractivity contribution in [2.75, 3.05) is 0 Å². The third-order valence-corrected chi connectivity index (χ3v) is 13.0. The van der Waals surface area contributed by atoms with Gasteiger partial charge in [-0.05, 0) is 15.9 Å². The highest BCUT2D eigenvalue weighted by atomic mass is 35.6. The highest BCUT2D eigenvalue weighted by molar-refractivity contribution is 7.41. The van der Waals surface area contributed by atoms with Crippen LogP contribution >= 0.6 is 11.1 Å². The van der Waals surface area contributed by atoms with Crippen molar-refractivity contribution in [2.24, 2.45) is 0 Å². The highest BCUT2D eigenvalue weighted by Crippen LogP contribution is 2.50. The largest absolute Gasteiger partial charge is 0.235 e. The molecular formula is C28H30BClSi. The van der Waals surface area contributed by atoms with Crippen molar-refractivity contribution in [1.29, 1.82) is 0 Å². The minimum Gasteiger partial charge on any atom is -0.150 e. The summed E-state index contributed by atoms with van der Waals surface area (Å²) in [5, 5.41) is 4.16. The lowest BCUT2D eigenvalue weighted by Crippen LogP contribution is -2.60. The fourth-order valence-electron chi connectivity index (χ4n) is 6.17. The van der Waals surface area contributed by atoms with Crippen LogP contribution in [0.1, 0.15) is 44.1 Å². The van der Waals surface area contributed by atoms with Crippen LogP contribution in [0, 0.1) is 0 Å². The van der Waals surface area contributed by atoms with Crippen molar-refractivity contribution in [3.8, 4) is 0 Å². The van der Waals surface area contributed by atoms with Gasteiger partial charge in [0.05, 0.1) is 0 Å². The molecule has 2 saturated heterocycles. The van der Waals surface area contributed by atoms with Gasteiger partial charge in [-0.3, -0.25) is 0 Å². The summed E-state index contributed by atoms with van der Waals surface area (Å²) in [6, 6.07) is 32.8. The molecule has 0 nitrogen and oxygen atoms in total. The first-order valence-corrected chi connectivity index (χ1v) is 14.8. The smallest absolute Gasteiger partial charge is 0.150 e. The molecule has 31 heavy (non-hydrogen) atoms. The normalized spacial score (nSPS) is 21.7. The summed E-state index contributed by atoms with van der Waals surface area (Å²) in [6.07, 6.45) is 10.7. The first-order valence-electron chi connectivity index (χ1n) is 11.8. The molecule has 3 heteroatoms. The molecule has 5 rings (SSSR count). The van der Waals surface area contributed by atoms with Gasteiger partial charge in [-0.1, -0.05) is 152 Å². The van der Waals surface area contributed by atoms with Gasteiger partial charge in [0, 0.05) is 0 Å². The van der Waals surface area contributed by atoms with Gasteiger partial charge in [-0.25, -0.2) is 0 Å². The monoisotopic (exact) mass is 440 g/mol. The van der Waals surface area contributed by atoms with Gasteiger partial charge in [-0.2, -0.15) is 0 Å². The van der Waals surface area contributed by atoms with Crippen LogP contribution in [0.4, 0.5) is 0 Å². The molecule has 156 valence electrons. The third kappa shape index (κ3) is 4.08. The van der Waals surface area contributed by atoms with Gasteiger partial charge in [0.2, 0.25) is 7.38 Å². The number of fused-ring (bicyclic) bond motifs is 2. The van der Waals surface area contributed by atoms with E-state index in [0.29, 0.717) is 6.71 Å². The number of rotatable bonds is 5. The Morgan fingerprint density at radius 1 is 0.677 bits per heavy atom. The molecule has 0 aliphatic carbocycles. The van der Waals surface area contributed by atoms with Crippen LogP contribution in [0.25, 0.3) is 6.08 Å². The Balaban J connectivity index is 1.74. The number of benzene rings is 3. The summed E-state index contributed by atoms with van der Waals surface area (Å²) in [5.74, 6) is 1.56. The molecule has 0 atom stereocenters. The van der Waals surface area contributed by atoms with Crippen LogP contribution in [-0.2, 0) is 0 Å². The molecule has 2 heterocycles. The zero-order chi connectivity index (χ0) is 21.1. The Morgan fingerprint density at radius 3 is 1.55 bits per heavy atom. The van der Waals surface area contributed by atoms with E-state index in [9.17, 15) is 0 Å². The maximum absolute atomic E-state index is 8.02. The quantitative estimate of drug-likeness (QED) is 0.304. The van der Waals surface area contributed by atoms with Gasteiger partial charge < -0.3 is 0 Å². The van der Waals surface area contributed by atoms with Crippen molar-refractivity contribution in [1.82, 2.24) is 0 Å².